The Balaban J connectivity index is 2.09. The van der Waals surface area contributed by atoms with Crippen LogP contribution in [0.3, 0.4) is 0 Å². The van der Waals surface area contributed by atoms with E-state index in [0.717, 1.165) is 6.42 Å². The Hall–Kier alpha value is -1.44. The van der Waals surface area contributed by atoms with Crippen LogP contribution in [0.4, 0.5) is 0 Å². The summed E-state index contributed by atoms with van der Waals surface area (Å²) in [4.78, 5) is 8.97. The van der Waals surface area contributed by atoms with Crippen molar-refractivity contribution in [2.24, 2.45) is 10.9 Å². The van der Waals surface area contributed by atoms with E-state index in [2.05, 4.69) is 28.2 Å². The highest BCUT2D eigenvalue weighted by Gasteiger charge is 2.28. The Kier molecular flexibility index (Phi) is 1.72. The first kappa shape index (κ1) is 7.92. The first-order valence-electron chi connectivity index (χ1n) is 5.09. The molecule has 1 aromatic heterocycles. The van der Waals surface area contributed by atoms with Gasteiger partial charge in [-0.05, 0) is 30.5 Å². The highest BCUT2D eigenvalue weighted by molar-refractivity contribution is 5.72. The van der Waals surface area contributed by atoms with Crippen LogP contribution in [-0.2, 0) is 6.42 Å². The van der Waals surface area contributed by atoms with Gasteiger partial charge in [0, 0.05) is 18.3 Å². The Morgan fingerprint density at radius 2 is 2.36 bits per heavy atom. The van der Waals surface area contributed by atoms with Gasteiger partial charge >= 0.3 is 0 Å². The van der Waals surface area contributed by atoms with Crippen molar-refractivity contribution in [3.05, 3.63) is 41.7 Å². The molecular weight excluding hydrogens is 172 g/mol. The molecule has 0 bridgehead atoms. The molecule has 0 saturated carbocycles. The van der Waals surface area contributed by atoms with Crippen molar-refractivity contribution in [2.75, 3.05) is 0 Å². The molecule has 0 radical (unpaired) electrons. The lowest BCUT2D eigenvalue weighted by Crippen LogP contribution is -2.20. The van der Waals surface area contributed by atoms with E-state index >= 15 is 0 Å². The number of aliphatic imine (C=N–C) groups is 1. The second-order valence-electron chi connectivity index (χ2n) is 3.88. The summed E-state index contributed by atoms with van der Waals surface area (Å²) in [5, 5.41) is 0. The van der Waals surface area contributed by atoms with Crippen molar-refractivity contribution >= 4 is 6.21 Å². The molecule has 0 amide bonds. The van der Waals surface area contributed by atoms with Gasteiger partial charge in [0.15, 0.2) is 0 Å². The monoisotopic (exact) mass is 184 g/mol. The van der Waals surface area contributed by atoms with Gasteiger partial charge in [-0.15, -0.1) is 0 Å². The van der Waals surface area contributed by atoms with Gasteiger partial charge in [0.1, 0.15) is 0 Å². The quantitative estimate of drug-likeness (QED) is 0.607. The first-order valence-corrected chi connectivity index (χ1v) is 5.09. The first-order chi connectivity index (χ1) is 6.95. The highest BCUT2D eigenvalue weighted by Crippen LogP contribution is 2.37. The van der Waals surface area contributed by atoms with Crippen LogP contribution in [0.25, 0.3) is 0 Å². The number of fused-ring (bicyclic) bond motifs is 3. The maximum Gasteiger partial charge on any atom is 0.0984 e. The fraction of sp³-hybridized carbons (Fsp3) is 0.333. The average molecular weight is 184 g/mol. The molecule has 70 valence electrons. The van der Waals surface area contributed by atoms with Crippen LogP contribution in [-0.4, -0.2) is 11.2 Å². The molecule has 0 saturated heterocycles. The van der Waals surface area contributed by atoms with Crippen molar-refractivity contribution in [1.82, 2.24) is 4.98 Å². The lowest BCUT2D eigenvalue weighted by Gasteiger charge is -2.29. The maximum atomic E-state index is 4.52. The molecule has 2 nitrogen and oxygen atoms in total. The molecule has 2 unspecified atom stereocenters. The molecule has 1 aromatic rings. The minimum absolute atomic E-state index is 0.282. The van der Waals surface area contributed by atoms with Crippen molar-refractivity contribution in [2.45, 2.75) is 18.9 Å². The zero-order valence-electron chi connectivity index (χ0n) is 7.93. The van der Waals surface area contributed by atoms with Crippen LogP contribution in [0.5, 0.6) is 0 Å². The smallest absolute Gasteiger partial charge is 0.0984 e. The fourth-order valence-corrected chi connectivity index (χ4v) is 2.33. The van der Waals surface area contributed by atoms with Crippen LogP contribution in [0.1, 0.15) is 23.7 Å². The largest absolute Gasteiger partial charge is 0.283 e. The summed E-state index contributed by atoms with van der Waals surface area (Å²) in [6, 6.07) is 4.47. The number of nitrogens with zero attached hydrogens (tertiary/aromatic N) is 2. The zero-order chi connectivity index (χ0) is 9.38. The Morgan fingerprint density at radius 1 is 1.36 bits per heavy atom. The van der Waals surface area contributed by atoms with Gasteiger partial charge in [-0.1, -0.05) is 12.1 Å². The number of aryl methyl sites for hydroxylation is 1. The fourth-order valence-electron chi connectivity index (χ4n) is 2.33. The van der Waals surface area contributed by atoms with E-state index in [1.807, 2.05) is 18.5 Å². The van der Waals surface area contributed by atoms with Gasteiger partial charge in [-0.3, -0.25) is 9.98 Å². The number of allylic oxidation sites excluding steroid dienone is 1. The van der Waals surface area contributed by atoms with Crippen molar-refractivity contribution in [1.29, 1.82) is 0 Å². The van der Waals surface area contributed by atoms with Crippen LogP contribution < -0.4 is 0 Å². The van der Waals surface area contributed by atoms with Gasteiger partial charge in [0.2, 0.25) is 0 Å². The number of aromatic nitrogens is 1. The van der Waals surface area contributed by atoms with E-state index in [0.29, 0.717) is 5.92 Å². The SMILES string of the molecule is C1=CC2CCc3cccnc3C2N=C1. The summed E-state index contributed by atoms with van der Waals surface area (Å²) in [6.45, 7) is 0. The lowest BCUT2D eigenvalue weighted by molar-refractivity contribution is 0.444. The number of rotatable bonds is 0. The molecule has 2 heteroatoms. The van der Waals surface area contributed by atoms with Crippen molar-refractivity contribution < 1.29 is 0 Å². The van der Waals surface area contributed by atoms with E-state index in [1.165, 1.54) is 17.7 Å². The normalized spacial score (nSPS) is 28.3. The third kappa shape index (κ3) is 1.10. The van der Waals surface area contributed by atoms with Crippen LogP contribution >= 0.6 is 0 Å². The summed E-state index contributed by atoms with van der Waals surface area (Å²) in [7, 11) is 0. The lowest BCUT2D eigenvalue weighted by atomic mass is 9.82. The molecule has 0 spiro atoms. The van der Waals surface area contributed by atoms with Crippen molar-refractivity contribution in [3.8, 4) is 0 Å². The minimum Gasteiger partial charge on any atom is -0.283 e. The molecule has 0 aromatic carbocycles. The number of hydrogen-bond donors (Lipinski definition) is 0. The molecule has 1 aliphatic carbocycles. The van der Waals surface area contributed by atoms with Crippen LogP contribution in [0.15, 0.2) is 35.5 Å². The van der Waals surface area contributed by atoms with E-state index in [9.17, 15) is 0 Å². The number of pyridine rings is 1. The Morgan fingerprint density at radius 3 is 3.36 bits per heavy atom. The highest BCUT2D eigenvalue weighted by atomic mass is 14.9. The molecule has 3 rings (SSSR count). The summed E-state index contributed by atoms with van der Waals surface area (Å²) in [5.74, 6) is 0.572. The van der Waals surface area contributed by atoms with Gasteiger partial charge < -0.3 is 0 Å². The van der Waals surface area contributed by atoms with Crippen molar-refractivity contribution in [3.63, 3.8) is 0 Å². The van der Waals surface area contributed by atoms with Crippen LogP contribution in [0.2, 0.25) is 0 Å². The third-order valence-corrected chi connectivity index (χ3v) is 3.05. The maximum absolute atomic E-state index is 4.52. The molecule has 2 aliphatic rings. The van der Waals surface area contributed by atoms with E-state index in [1.54, 1.807) is 0 Å². The third-order valence-electron chi connectivity index (χ3n) is 3.05. The standard InChI is InChI=1S/C12H12N2/c1-3-9-5-6-10-4-2-8-14-12(10)11(9)13-7-1/h1-4,7-9,11H,5-6H2. The molecule has 14 heavy (non-hydrogen) atoms. The predicted octanol–water partition coefficient (Wildman–Crippen LogP) is 2.33. The summed E-state index contributed by atoms with van der Waals surface area (Å²) in [6.07, 6.45) is 10.4. The van der Waals surface area contributed by atoms with Gasteiger partial charge in [0.05, 0.1) is 11.7 Å². The van der Waals surface area contributed by atoms with Gasteiger partial charge in [-0.25, -0.2) is 0 Å². The zero-order valence-corrected chi connectivity index (χ0v) is 7.93. The van der Waals surface area contributed by atoms with Gasteiger partial charge in [0.25, 0.3) is 0 Å². The Labute approximate surface area is 83.4 Å². The number of dihydropyridines is 1. The molecule has 2 heterocycles. The average Bonchev–Trinajstić information content (AvgIpc) is 2.29. The van der Waals surface area contributed by atoms with Crippen LogP contribution in [0, 0.1) is 5.92 Å². The van der Waals surface area contributed by atoms with E-state index in [4.69, 9.17) is 0 Å². The van der Waals surface area contributed by atoms with E-state index in [-0.39, 0.29) is 6.04 Å². The molecule has 2 atom stereocenters. The molecule has 1 aliphatic heterocycles. The summed E-state index contributed by atoms with van der Waals surface area (Å²) in [5.41, 5.74) is 2.56. The summed E-state index contributed by atoms with van der Waals surface area (Å²) >= 11 is 0. The second-order valence-corrected chi connectivity index (χ2v) is 3.88. The minimum atomic E-state index is 0.282. The number of hydrogen-bond acceptors (Lipinski definition) is 2. The topological polar surface area (TPSA) is 25.2 Å². The summed E-state index contributed by atoms with van der Waals surface area (Å²) < 4.78 is 0. The van der Waals surface area contributed by atoms with Gasteiger partial charge in [-0.2, -0.15) is 0 Å². The molecule has 0 fully saturated rings. The second kappa shape index (κ2) is 3.05. The predicted molar refractivity (Wildman–Crippen MR) is 56.4 cm³/mol. The van der Waals surface area contributed by atoms with E-state index < -0.39 is 0 Å². The Bertz CT molecular complexity index is 407. The molecule has 0 N–H and O–H groups in total. The molecular formula is C12H12N2.